The first-order chi connectivity index (χ1) is 13.5. The number of benzene rings is 2. The van der Waals surface area contributed by atoms with Crippen molar-refractivity contribution in [2.24, 2.45) is 4.99 Å². The first-order valence-corrected chi connectivity index (χ1v) is 9.48. The van der Waals surface area contributed by atoms with Gasteiger partial charge in [-0.1, -0.05) is 6.07 Å². The summed E-state index contributed by atoms with van der Waals surface area (Å²) < 4.78 is 10.7. The highest BCUT2D eigenvalue weighted by molar-refractivity contribution is 5.79. The van der Waals surface area contributed by atoms with Crippen molar-refractivity contribution in [3.63, 3.8) is 0 Å². The molecular formula is C22H32N4O2. The SMILES string of the molecule is CCNC(=NCc1ccc(OC)cc1OC)NCc1ccc(N(C)C)cc1C. The number of ether oxygens (including phenoxy) is 2. The van der Waals surface area contributed by atoms with Crippen LogP contribution in [0.4, 0.5) is 5.69 Å². The summed E-state index contributed by atoms with van der Waals surface area (Å²) in [6.07, 6.45) is 0. The number of hydrogen-bond donors (Lipinski definition) is 2. The maximum atomic E-state index is 5.46. The molecule has 2 aromatic rings. The minimum Gasteiger partial charge on any atom is -0.497 e. The van der Waals surface area contributed by atoms with Gasteiger partial charge < -0.3 is 25.0 Å². The third-order valence-corrected chi connectivity index (χ3v) is 4.53. The fourth-order valence-electron chi connectivity index (χ4n) is 2.82. The summed E-state index contributed by atoms with van der Waals surface area (Å²) >= 11 is 0. The van der Waals surface area contributed by atoms with Crippen LogP contribution in [0.25, 0.3) is 0 Å². The van der Waals surface area contributed by atoms with E-state index in [1.54, 1.807) is 14.2 Å². The third kappa shape index (κ3) is 5.81. The van der Waals surface area contributed by atoms with Gasteiger partial charge in [0.2, 0.25) is 0 Å². The second-order valence-electron chi connectivity index (χ2n) is 6.73. The highest BCUT2D eigenvalue weighted by Gasteiger charge is 2.07. The number of hydrogen-bond acceptors (Lipinski definition) is 4. The van der Waals surface area contributed by atoms with Crippen molar-refractivity contribution in [1.29, 1.82) is 0 Å². The molecule has 0 aliphatic carbocycles. The molecule has 0 unspecified atom stereocenters. The smallest absolute Gasteiger partial charge is 0.191 e. The molecule has 0 atom stereocenters. The minimum absolute atomic E-state index is 0.515. The fraction of sp³-hybridized carbons (Fsp3) is 0.409. The van der Waals surface area contributed by atoms with E-state index in [1.807, 2.05) is 18.2 Å². The predicted molar refractivity (Wildman–Crippen MR) is 117 cm³/mol. The maximum Gasteiger partial charge on any atom is 0.191 e. The number of methoxy groups -OCH3 is 2. The summed E-state index contributed by atoms with van der Waals surface area (Å²) in [6.45, 7) is 6.22. The molecule has 0 spiro atoms. The van der Waals surface area contributed by atoms with Crippen LogP contribution < -0.4 is 25.0 Å². The van der Waals surface area contributed by atoms with E-state index in [0.29, 0.717) is 13.1 Å². The number of aryl methyl sites for hydroxylation is 1. The van der Waals surface area contributed by atoms with Crippen LogP contribution in [0.1, 0.15) is 23.6 Å². The van der Waals surface area contributed by atoms with E-state index in [4.69, 9.17) is 14.5 Å². The molecule has 0 heterocycles. The normalized spacial score (nSPS) is 11.1. The van der Waals surface area contributed by atoms with E-state index in [1.165, 1.54) is 16.8 Å². The van der Waals surface area contributed by atoms with Gasteiger partial charge in [-0.2, -0.15) is 0 Å². The lowest BCUT2D eigenvalue weighted by molar-refractivity contribution is 0.391. The van der Waals surface area contributed by atoms with E-state index in [2.05, 4.69) is 61.7 Å². The molecule has 2 N–H and O–H groups in total. The van der Waals surface area contributed by atoms with Crippen LogP contribution in [0.2, 0.25) is 0 Å². The molecule has 0 fully saturated rings. The highest BCUT2D eigenvalue weighted by Crippen LogP contribution is 2.25. The molecule has 152 valence electrons. The van der Waals surface area contributed by atoms with E-state index < -0.39 is 0 Å². The van der Waals surface area contributed by atoms with E-state index in [-0.39, 0.29) is 0 Å². The van der Waals surface area contributed by atoms with Crippen molar-refractivity contribution < 1.29 is 9.47 Å². The Bertz CT molecular complexity index is 803. The molecule has 2 aromatic carbocycles. The molecule has 0 bridgehead atoms. The Morgan fingerprint density at radius 1 is 1.00 bits per heavy atom. The molecule has 0 aliphatic heterocycles. The number of guanidine groups is 1. The van der Waals surface area contributed by atoms with Gasteiger partial charge in [-0.3, -0.25) is 0 Å². The van der Waals surface area contributed by atoms with E-state index in [9.17, 15) is 0 Å². The number of nitrogens with one attached hydrogen (secondary N) is 2. The second kappa shape index (κ2) is 10.4. The Labute approximate surface area is 168 Å². The molecule has 28 heavy (non-hydrogen) atoms. The number of aliphatic imine (C=N–C) groups is 1. The average molecular weight is 385 g/mol. The van der Waals surface area contributed by atoms with Gasteiger partial charge in [-0.25, -0.2) is 4.99 Å². The van der Waals surface area contributed by atoms with Gasteiger partial charge in [0.1, 0.15) is 11.5 Å². The molecule has 0 saturated carbocycles. The Morgan fingerprint density at radius 2 is 1.75 bits per heavy atom. The molecule has 0 amide bonds. The van der Waals surface area contributed by atoms with Gasteiger partial charge in [-0.15, -0.1) is 0 Å². The van der Waals surface area contributed by atoms with Gasteiger partial charge in [0.25, 0.3) is 0 Å². The van der Waals surface area contributed by atoms with Crippen LogP contribution in [0.5, 0.6) is 11.5 Å². The van der Waals surface area contributed by atoms with Gasteiger partial charge in [-0.05, 0) is 49.2 Å². The standard InChI is InChI=1S/C22H32N4O2/c1-7-23-22(24-14-17-8-10-19(26(3)4)12-16(17)2)25-15-18-9-11-20(27-5)13-21(18)28-6/h8-13H,7,14-15H2,1-6H3,(H2,23,24,25). The van der Waals surface area contributed by atoms with Crippen LogP contribution in [-0.2, 0) is 13.1 Å². The summed E-state index contributed by atoms with van der Waals surface area (Å²) in [6, 6.07) is 12.3. The zero-order valence-electron chi connectivity index (χ0n) is 17.8. The van der Waals surface area contributed by atoms with Crippen LogP contribution in [0.15, 0.2) is 41.4 Å². The molecule has 0 radical (unpaired) electrons. The van der Waals surface area contributed by atoms with Gasteiger partial charge in [0.05, 0.1) is 20.8 Å². The Balaban J connectivity index is 2.09. The average Bonchev–Trinajstić information content (AvgIpc) is 2.70. The van der Waals surface area contributed by atoms with E-state index >= 15 is 0 Å². The topological polar surface area (TPSA) is 58.1 Å². The van der Waals surface area contributed by atoms with Crippen molar-refractivity contribution in [3.05, 3.63) is 53.1 Å². The Kier molecular flexibility index (Phi) is 7.99. The third-order valence-electron chi connectivity index (χ3n) is 4.53. The maximum absolute atomic E-state index is 5.46. The first-order valence-electron chi connectivity index (χ1n) is 9.48. The lowest BCUT2D eigenvalue weighted by Gasteiger charge is -2.17. The quantitative estimate of drug-likeness (QED) is 0.540. The van der Waals surface area contributed by atoms with Gasteiger partial charge in [0.15, 0.2) is 5.96 Å². The zero-order chi connectivity index (χ0) is 20.5. The largest absolute Gasteiger partial charge is 0.497 e. The molecule has 0 aromatic heterocycles. The van der Waals surface area contributed by atoms with Crippen LogP contribution in [-0.4, -0.2) is 40.8 Å². The summed E-state index contributed by atoms with van der Waals surface area (Å²) in [5, 5.41) is 6.71. The summed E-state index contributed by atoms with van der Waals surface area (Å²) in [4.78, 5) is 6.81. The predicted octanol–water partition coefficient (Wildman–Crippen LogP) is 3.33. The lowest BCUT2D eigenvalue weighted by Crippen LogP contribution is -2.37. The second-order valence-corrected chi connectivity index (χ2v) is 6.73. The van der Waals surface area contributed by atoms with Crippen LogP contribution in [0.3, 0.4) is 0 Å². The van der Waals surface area contributed by atoms with Crippen molar-refractivity contribution in [2.75, 3.05) is 39.8 Å². The fourth-order valence-corrected chi connectivity index (χ4v) is 2.82. The molecule has 0 aliphatic rings. The molecule has 0 saturated heterocycles. The van der Waals surface area contributed by atoms with Crippen molar-refractivity contribution in [3.8, 4) is 11.5 Å². The molecule has 6 nitrogen and oxygen atoms in total. The summed E-state index contributed by atoms with van der Waals surface area (Å²) in [7, 11) is 7.41. The lowest BCUT2D eigenvalue weighted by atomic mass is 10.1. The van der Waals surface area contributed by atoms with Crippen molar-refractivity contribution >= 4 is 11.6 Å². The molecule has 6 heteroatoms. The summed E-state index contributed by atoms with van der Waals surface area (Å²) in [5.74, 6) is 2.32. The number of anilines is 1. The summed E-state index contributed by atoms with van der Waals surface area (Å²) in [5.41, 5.74) is 4.71. The Hall–Kier alpha value is -2.89. The van der Waals surface area contributed by atoms with Crippen LogP contribution in [0, 0.1) is 6.92 Å². The Morgan fingerprint density at radius 3 is 2.36 bits per heavy atom. The highest BCUT2D eigenvalue weighted by atomic mass is 16.5. The molecular weight excluding hydrogens is 352 g/mol. The van der Waals surface area contributed by atoms with Gasteiger partial charge >= 0.3 is 0 Å². The monoisotopic (exact) mass is 384 g/mol. The first kappa shape index (κ1) is 21.4. The number of nitrogens with zero attached hydrogens (tertiary/aromatic N) is 2. The van der Waals surface area contributed by atoms with E-state index in [0.717, 1.165) is 29.6 Å². The van der Waals surface area contributed by atoms with Crippen molar-refractivity contribution in [1.82, 2.24) is 10.6 Å². The minimum atomic E-state index is 0.515. The molecule has 2 rings (SSSR count). The zero-order valence-corrected chi connectivity index (χ0v) is 17.8. The number of rotatable bonds is 8. The van der Waals surface area contributed by atoms with Crippen molar-refractivity contribution in [2.45, 2.75) is 26.9 Å². The van der Waals surface area contributed by atoms with Crippen LogP contribution >= 0.6 is 0 Å². The van der Waals surface area contributed by atoms with Gasteiger partial charge in [0, 0.05) is 44.5 Å².